The van der Waals surface area contributed by atoms with Crippen molar-refractivity contribution in [2.24, 2.45) is 0 Å². The summed E-state index contributed by atoms with van der Waals surface area (Å²) in [5.41, 5.74) is 2.56. The monoisotopic (exact) mass is 218 g/mol. The van der Waals surface area contributed by atoms with Gasteiger partial charge in [-0.05, 0) is 18.1 Å². The van der Waals surface area contributed by atoms with Gasteiger partial charge in [-0.3, -0.25) is 0 Å². The van der Waals surface area contributed by atoms with Crippen molar-refractivity contribution in [1.82, 2.24) is 0 Å². The smallest absolute Gasteiger partial charge is 0.336 e. The largest absolute Gasteiger partial charge is 0.466 e. The molecule has 0 amide bonds. The molecular weight excluding hydrogens is 204 g/mol. The zero-order chi connectivity index (χ0) is 11.5. The lowest BCUT2D eigenvalue weighted by atomic mass is 10.00. The first-order valence-corrected chi connectivity index (χ1v) is 5.18. The number of rotatable bonds is 2. The van der Waals surface area contributed by atoms with Crippen LogP contribution >= 0.6 is 0 Å². The predicted octanol–water partition coefficient (Wildman–Crippen LogP) is 2.25. The van der Waals surface area contributed by atoms with Gasteiger partial charge in [0.15, 0.2) is 0 Å². The van der Waals surface area contributed by atoms with Crippen molar-refractivity contribution >= 4 is 5.97 Å². The topological polar surface area (TPSA) is 35.5 Å². The number of carbonyl (C=O) groups excluding carboxylic acids is 1. The molecule has 1 aliphatic heterocycles. The molecule has 0 aromatic heterocycles. The SMILES string of the molecule is COC(=O)C1=C(C)COC1c1ccccc1. The van der Waals surface area contributed by atoms with E-state index in [1.54, 1.807) is 0 Å². The zero-order valence-electron chi connectivity index (χ0n) is 9.40. The number of benzene rings is 1. The maximum absolute atomic E-state index is 11.6. The minimum Gasteiger partial charge on any atom is -0.466 e. The third kappa shape index (κ3) is 1.86. The van der Waals surface area contributed by atoms with Crippen LogP contribution in [-0.4, -0.2) is 19.7 Å². The van der Waals surface area contributed by atoms with Gasteiger partial charge in [0.1, 0.15) is 6.10 Å². The third-order valence-electron chi connectivity index (χ3n) is 2.70. The molecular formula is C13H14O3. The van der Waals surface area contributed by atoms with Crippen molar-refractivity contribution in [2.45, 2.75) is 13.0 Å². The van der Waals surface area contributed by atoms with Crippen LogP contribution in [0.4, 0.5) is 0 Å². The number of hydrogen-bond acceptors (Lipinski definition) is 3. The Hall–Kier alpha value is -1.61. The van der Waals surface area contributed by atoms with E-state index in [9.17, 15) is 4.79 Å². The van der Waals surface area contributed by atoms with Gasteiger partial charge in [0.2, 0.25) is 0 Å². The summed E-state index contributed by atoms with van der Waals surface area (Å²) >= 11 is 0. The molecule has 1 atom stereocenters. The van der Waals surface area contributed by atoms with E-state index in [2.05, 4.69) is 0 Å². The van der Waals surface area contributed by atoms with Gasteiger partial charge >= 0.3 is 5.97 Å². The summed E-state index contributed by atoms with van der Waals surface area (Å²) in [7, 11) is 1.39. The number of ether oxygens (including phenoxy) is 2. The Morgan fingerprint density at radius 2 is 2.06 bits per heavy atom. The van der Waals surface area contributed by atoms with Gasteiger partial charge < -0.3 is 9.47 Å². The Kier molecular flexibility index (Phi) is 3.06. The van der Waals surface area contributed by atoms with Crippen molar-refractivity contribution in [2.75, 3.05) is 13.7 Å². The Labute approximate surface area is 94.7 Å². The maximum atomic E-state index is 11.6. The molecule has 0 saturated heterocycles. The van der Waals surface area contributed by atoms with E-state index in [0.29, 0.717) is 12.2 Å². The third-order valence-corrected chi connectivity index (χ3v) is 2.70. The summed E-state index contributed by atoms with van der Waals surface area (Å²) in [4.78, 5) is 11.6. The molecule has 0 fully saturated rings. The van der Waals surface area contributed by atoms with Crippen LogP contribution in [0.15, 0.2) is 41.5 Å². The maximum Gasteiger partial charge on any atom is 0.336 e. The molecule has 3 heteroatoms. The van der Waals surface area contributed by atoms with Gasteiger partial charge in [-0.15, -0.1) is 0 Å². The first-order valence-electron chi connectivity index (χ1n) is 5.18. The lowest BCUT2D eigenvalue weighted by Crippen LogP contribution is -2.11. The van der Waals surface area contributed by atoms with E-state index in [-0.39, 0.29) is 12.1 Å². The van der Waals surface area contributed by atoms with Gasteiger partial charge in [-0.2, -0.15) is 0 Å². The average Bonchev–Trinajstić information content (AvgIpc) is 2.71. The van der Waals surface area contributed by atoms with Crippen molar-refractivity contribution < 1.29 is 14.3 Å². The van der Waals surface area contributed by atoms with Crippen molar-refractivity contribution in [3.8, 4) is 0 Å². The molecule has 0 bridgehead atoms. The molecule has 0 N–H and O–H groups in total. The van der Waals surface area contributed by atoms with Crippen LogP contribution in [0.5, 0.6) is 0 Å². The summed E-state index contributed by atoms with van der Waals surface area (Å²) in [5, 5.41) is 0. The Morgan fingerprint density at radius 3 is 2.69 bits per heavy atom. The van der Waals surface area contributed by atoms with Gasteiger partial charge in [0.05, 0.1) is 19.3 Å². The standard InChI is InChI=1S/C13H14O3/c1-9-8-16-12(11(9)13(14)15-2)10-6-4-3-5-7-10/h3-7,12H,8H2,1-2H3. The van der Waals surface area contributed by atoms with E-state index in [1.807, 2.05) is 37.3 Å². The second kappa shape index (κ2) is 4.49. The molecule has 0 aliphatic carbocycles. The van der Waals surface area contributed by atoms with Crippen LogP contribution in [0.25, 0.3) is 0 Å². The molecule has 16 heavy (non-hydrogen) atoms. The van der Waals surface area contributed by atoms with Gasteiger partial charge in [0.25, 0.3) is 0 Å². The summed E-state index contributed by atoms with van der Waals surface area (Å²) in [6.07, 6.45) is -0.284. The van der Waals surface area contributed by atoms with Crippen molar-refractivity contribution in [3.63, 3.8) is 0 Å². The average molecular weight is 218 g/mol. The van der Waals surface area contributed by atoms with Gasteiger partial charge in [0, 0.05) is 0 Å². The molecule has 0 saturated carbocycles. The minimum atomic E-state index is -0.302. The fourth-order valence-electron chi connectivity index (χ4n) is 1.88. The fourth-order valence-corrected chi connectivity index (χ4v) is 1.88. The quantitative estimate of drug-likeness (QED) is 0.714. The molecule has 1 heterocycles. The molecule has 3 nitrogen and oxygen atoms in total. The highest BCUT2D eigenvalue weighted by Crippen LogP contribution is 2.34. The molecule has 0 radical (unpaired) electrons. The Morgan fingerprint density at radius 1 is 1.38 bits per heavy atom. The fraction of sp³-hybridized carbons (Fsp3) is 0.308. The van der Waals surface area contributed by atoms with E-state index in [4.69, 9.17) is 9.47 Å². The highest BCUT2D eigenvalue weighted by molar-refractivity contribution is 5.91. The molecule has 1 unspecified atom stereocenters. The van der Waals surface area contributed by atoms with Crippen LogP contribution in [0, 0.1) is 0 Å². The van der Waals surface area contributed by atoms with E-state index >= 15 is 0 Å². The van der Waals surface area contributed by atoms with Gasteiger partial charge in [-0.25, -0.2) is 4.79 Å². The molecule has 2 rings (SSSR count). The number of methoxy groups -OCH3 is 1. The summed E-state index contributed by atoms with van der Waals surface area (Å²) in [6, 6.07) is 9.70. The van der Waals surface area contributed by atoms with Crippen LogP contribution in [0.3, 0.4) is 0 Å². The predicted molar refractivity (Wildman–Crippen MR) is 59.9 cm³/mol. The van der Waals surface area contributed by atoms with Crippen molar-refractivity contribution in [1.29, 1.82) is 0 Å². The molecule has 0 spiro atoms. The molecule has 84 valence electrons. The second-order valence-corrected chi connectivity index (χ2v) is 3.79. The van der Waals surface area contributed by atoms with Gasteiger partial charge in [-0.1, -0.05) is 30.3 Å². The van der Waals surface area contributed by atoms with E-state index in [0.717, 1.165) is 11.1 Å². The lowest BCUT2D eigenvalue weighted by molar-refractivity contribution is -0.137. The summed E-state index contributed by atoms with van der Waals surface area (Å²) in [6.45, 7) is 2.39. The zero-order valence-corrected chi connectivity index (χ0v) is 9.40. The first-order chi connectivity index (χ1) is 7.74. The minimum absolute atomic E-state index is 0.284. The Balaban J connectivity index is 2.34. The van der Waals surface area contributed by atoms with Crippen LogP contribution < -0.4 is 0 Å². The highest BCUT2D eigenvalue weighted by Gasteiger charge is 2.31. The number of hydrogen-bond donors (Lipinski definition) is 0. The summed E-state index contributed by atoms with van der Waals surface area (Å²) < 4.78 is 10.4. The van der Waals surface area contributed by atoms with Crippen LogP contribution in [0.2, 0.25) is 0 Å². The van der Waals surface area contributed by atoms with Crippen molar-refractivity contribution in [3.05, 3.63) is 47.0 Å². The first kappa shape index (κ1) is 10.9. The molecule has 1 aliphatic rings. The number of esters is 1. The summed E-state index contributed by atoms with van der Waals surface area (Å²) in [5.74, 6) is -0.302. The number of carbonyl (C=O) groups is 1. The Bertz CT molecular complexity index is 420. The molecule has 1 aromatic carbocycles. The highest BCUT2D eigenvalue weighted by atomic mass is 16.5. The van der Waals surface area contributed by atoms with Crippen LogP contribution in [0.1, 0.15) is 18.6 Å². The van der Waals surface area contributed by atoms with Crippen LogP contribution in [-0.2, 0) is 14.3 Å². The lowest BCUT2D eigenvalue weighted by Gasteiger charge is -2.13. The van der Waals surface area contributed by atoms with E-state index in [1.165, 1.54) is 7.11 Å². The normalized spacial score (nSPS) is 20.0. The van der Waals surface area contributed by atoms with E-state index < -0.39 is 0 Å². The second-order valence-electron chi connectivity index (χ2n) is 3.79. The molecule has 1 aromatic rings.